The first-order valence-electron chi connectivity index (χ1n) is 7.44. The van der Waals surface area contributed by atoms with Crippen LogP contribution in [0.25, 0.3) is 11.1 Å². The Hall–Kier alpha value is -1.43. The minimum Gasteiger partial charge on any atom is -0.480 e. The quantitative estimate of drug-likeness (QED) is 0.529. The van der Waals surface area contributed by atoms with Gasteiger partial charge in [0.05, 0.1) is 27.8 Å². The van der Waals surface area contributed by atoms with E-state index in [4.69, 9.17) is 32.4 Å². The fourth-order valence-electron chi connectivity index (χ4n) is 2.40. The molecule has 0 saturated carbocycles. The van der Waals surface area contributed by atoms with Crippen LogP contribution in [0.2, 0.25) is 10.0 Å². The monoisotopic (exact) mass is 382 g/mol. The summed E-state index contributed by atoms with van der Waals surface area (Å²) in [5.41, 5.74) is 3.28. The summed E-state index contributed by atoms with van der Waals surface area (Å²) in [5.74, 6) is 1.71. The van der Waals surface area contributed by atoms with Crippen molar-refractivity contribution >= 4 is 46.1 Å². The van der Waals surface area contributed by atoms with E-state index in [0.29, 0.717) is 38.7 Å². The van der Waals surface area contributed by atoms with Gasteiger partial charge < -0.3 is 9.15 Å². The first kappa shape index (κ1) is 17.4. The first-order chi connectivity index (χ1) is 11.5. The average Bonchev–Trinajstić information content (AvgIpc) is 3.02. The van der Waals surface area contributed by atoms with Crippen molar-refractivity contribution in [3.05, 3.63) is 45.4 Å². The van der Waals surface area contributed by atoms with Crippen LogP contribution in [0, 0.1) is 6.92 Å². The van der Waals surface area contributed by atoms with Gasteiger partial charge in [0, 0.05) is 5.69 Å². The summed E-state index contributed by atoms with van der Waals surface area (Å²) in [6, 6.07) is 5.52. The van der Waals surface area contributed by atoms with Crippen LogP contribution in [0.4, 0.5) is 0 Å². The summed E-state index contributed by atoms with van der Waals surface area (Å²) in [5, 5.41) is 1.03. The highest BCUT2D eigenvalue weighted by atomic mass is 35.5. The molecule has 0 N–H and O–H groups in total. The number of thioether (sulfide) groups is 1. The Morgan fingerprint density at radius 3 is 2.62 bits per heavy atom. The number of nitrogens with zero attached hydrogens (tertiary/aromatic N) is 2. The van der Waals surface area contributed by atoms with Crippen molar-refractivity contribution in [2.24, 2.45) is 0 Å². The van der Waals surface area contributed by atoms with Gasteiger partial charge in [0.15, 0.2) is 5.58 Å². The zero-order chi connectivity index (χ0) is 17.3. The molecule has 0 atom stereocenters. The summed E-state index contributed by atoms with van der Waals surface area (Å²) in [6.07, 6.45) is 0.921. The van der Waals surface area contributed by atoms with Gasteiger partial charge >= 0.3 is 0 Å². The molecule has 2 aromatic heterocycles. The summed E-state index contributed by atoms with van der Waals surface area (Å²) in [4.78, 5) is 9.91. The van der Waals surface area contributed by atoms with E-state index >= 15 is 0 Å². The normalized spacial score (nSPS) is 11.2. The van der Waals surface area contributed by atoms with Crippen molar-refractivity contribution < 1.29 is 9.15 Å². The molecule has 0 bridgehead atoms. The van der Waals surface area contributed by atoms with E-state index in [1.807, 2.05) is 6.92 Å². The summed E-state index contributed by atoms with van der Waals surface area (Å²) in [7, 11) is 1.62. The van der Waals surface area contributed by atoms with Gasteiger partial charge in [-0.25, -0.2) is 9.97 Å². The Balaban J connectivity index is 1.88. The fourth-order valence-corrected chi connectivity index (χ4v) is 3.66. The third kappa shape index (κ3) is 3.34. The van der Waals surface area contributed by atoms with E-state index in [1.165, 1.54) is 5.56 Å². The number of ether oxygens (including phenoxy) is 1. The average molecular weight is 383 g/mol. The van der Waals surface area contributed by atoms with Gasteiger partial charge in [-0.1, -0.05) is 30.1 Å². The van der Waals surface area contributed by atoms with Crippen molar-refractivity contribution in [1.82, 2.24) is 9.97 Å². The molecule has 126 valence electrons. The van der Waals surface area contributed by atoms with E-state index < -0.39 is 0 Å². The van der Waals surface area contributed by atoms with E-state index in [-0.39, 0.29) is 0 Å². The molecule has 3 aromatic rings. The second-order valence-electron chi connectivity index (χ2n) is 5.20. The second kappa shape index (κ2) is 7.21. The number of rotatable bonds is 5. The van der Waals surface area contributed by atoms with Gasteiger partial charge in [0.25, 0.3) is 0 Å². The molecule has 24 heavy (non-hydrogen) atoms. The van der Waals surface area contributed by atoms with Crippen LogP contribution < -0.4 is 4.74 Å². The number of pyridine rings is 1. The van der Waals surface area contributed by atoms with Crippen LogP contribution >= 0.6 is 35.0 Å². The van der Waals surface area contributed by atoms with Gasteiger partial charge in [-0.15, -0.1) is 11.8 Å². The van der Waals surface area contributed by atoms with E-state index in [9.17, 15) is 0 Å². The Bertz CT molecular complexity index is 857. The van der Waals surface area contributed by atoms with Gasteiger partial charge in [-0.05, 0) is 37.1 Å². The standard InChI is InChI=1S/C17H16Cl2N2O2S/c1-4-10-7-13(17(22-3)20-9(10)2)24-8-14-21-15-11(18)5-6-12(19)16(15)23-14/h5-7H,4,8H2,1-3H3. The number of hydrogen-bond donors (Lipinski definition) is 0. The molecule has 0 aliphatic heterocycles. The van der Waals surface area contributed by atoms with Crippen LogP contribution in [0.5, 0.6) is 5.88 Å². The number of aryl methyl sites for hydroxylation is 2. The largest absolute Gasteiger partial charge is 0.480 e. The van der Waals surface area contributed by atoms with Crippen LogP contribution in [0.1, 0.15) is 24.1 Å². The van der Waals surface area contributed by atoms with Crippen LogP contribution in [-0.4, -0.2) is 17.1 Å². The van der Waals surface area contributed by atoms with Gasteiger partial charge in [0.2, 0.25) is 11.8 Å². The fraction of sp³-hybridized carbons (Fsp3) is 0.294. The number of halogens is 2. The Morgan fingerprint density at radius 2 is 1.96 bits per heavy atom. The number of oxazole rings is 1. The third-order valence-electron chi connectivity index (χ3n) is 3.67. The Morgan fingerprint density at radius 1 is 1.21 bits per heavy atom. The minimum atomic E-state index is 0.501. The van der Waals surface area contributed by atoms with Crippen LogP contribution in [0.3, 0.4) is 0 Å². The van der Waals surface area contributed by atoms with Crippen molar-refractivity contribution in [1.29, 1.82) is 0 Å². The molecule has 4 nitrogen and oxygen atoms in total. The van der Waals surface area contributed by atoms with Crippen molar-refractivity contribution in [3.63, 3.8) is 0 Å². The van der Waals surface area contributed by atoms with E-state index in [2.05, 4.69) is 23.0 Å². The summed E-state index contributed by atoms with van der Waals surface area (Å²) in [6.45, 7) is 4.09. The number of benzene rings is 1. The molecular weight excluding hydrogens is 367 g/mol. The third-order valence-corrected chi connectivity index (χ3v) is 5.26. The van der Waals surface area contributed by atoms with Crippen LogP contribution in [0.15, 0.2) is 27.5 Å². The molecule has 0 aliphatic rings. The Kier molecular flexibility index (Phi) is 5.23. The van der Waals surface area contributed by atoms with E-state index in [0.717, 1.165) is 17.0 Å². The summed E-state index contributed by atoms with van der Waals surface area (Å²) < 4.78 is 11.1. The van der Waals surface area contributed by atoms with Gasteiger partial charge in [-0.3, -0.25) is 0 Å². The van der Waals surface area contributed by atoms with Crippen molar-refractivity contribution in [3.8, 4) is 5.88 Å². The molecule has 3 rings (SSSR count). The molecule has 0 fully saturated rings. The number of hydrogen-bond acceptors (Lipinski definition) is 5. The minimum absolute atomic E-state index is 0.501. The highest BCUT2D eigenvalue weighted by molar-refractivity contribution is 7.98. The van der Waals surface area contributed by atoms with Crippen molar-refractivity contribution in [2.75, 3.05) is 7.11 Å². The van der Waals surface area contributed by atoms with E-state index in [1.54, 1.807) is 31.0 Å². The lowest BCUT2D eigenvalue weighted by Crippen LogP contribution is -1.97. The summed E-state index contributed by atoms with van der Waals surface area (Å²) >= 11 is 13.8. The highest BCUT2D eigenvalue weighted by Crippen LogP contribution is 2.35. The van der Waals surface area contributed by atoms with Crippen molar-refractivity contribution in [2.45, 2.75) is 30.9 Å². The second-order valence-corrected chi connectivity index (χ2v) is 7.03. The molecular formula is C17H16Cl2N2O2S. The van der Waals surface area contributed by atoms with Gasteiger partial charge in [0.1, 0.15) is 5.52 Å². The molecule has 0 radical (unpaired) electrons. The molecule has 1 aromatic carbocycles. The predicted octanol–water partition coefficient (Wildman–Crippen LogP) is 5.70. The number of methoxy groups -OCH3 is 1. The molecule has 2 heterocycles. The van der Waals surface area contributed by atoms with Crippen LogP contribution in [-0.2, 0) is 12.2 Å². The zero-order valence-electron chi connectivity index (χ0n) is 13.5. The molecule has 0 unspecified atom stereocenters. The maximum absolute atomic E-state index is 6.15. The first-order valence-corrected chi connectivity index (χ1v) is 9.18. The topological polar surface area (TPSA) is 48.2 Å². The predicted molar refractivity (Wildman–Crippen MR) is 98.5 cm³/mol. The number of fused-ring (bicyclic) bond motifs is 1. The molecule has 0 spiro atoms. The maximum atomic E-state index is 6.15. The number of aromatic nitrogens is 2. The smallest absolute Gasteiger partial charge is 0.227 e. The lowest BCUT2D eigenvalue weighted by Gasteiger charge is -2.10. The lowest BCUT2D eigenvalue weighted by molar-refractivity contribution is 0.385. The lowest BCUT2D eigenvalue weighted by atomic mass is 10.1. The molecule has 7 heteroatoms. The molecule has 0 amide bonds. The zero-order valence-corrected chi connectivity index (χ0v) is 15.8. The molecule has 0 saturated heterocycles. The molecule has 0 aliphatic carbocycles. The Labute approximate surface area is 154 Å². The maximum Gasteiger partial charge on any atom is 0.227 e. The van der Waals surface area contributed by atoms with Gasteiger partial charge in [-0.2, -0.15) is 0 Å². The SMILES string of the molecule is CCc1cc(SCc2nc3c(Cl)ccc(Cl)c3o2)c(OC)nc1C. The highest BCUT2D eigenvalue weighted by Gasteiger charge is 2.15.